The zero-order valence-corrected chi connectivity index (χ0v) is 11.8. The number of aromatic carboxylic acids is 1. The van der Waals surface area contributed by atoms with E-state index in [9.17, 15) is 13.2 Å². The van der Waals surface area contributed by atoms with Crippen LogP contribution in [0.4, 0.5) is 5.69 Å². The maximum atomic E-state index is 11.7. The maximum Gasteiger partial charge on any atom is 0.337 e. The second kappa shape index (κ2) is 6.74. The molecular weight excluding hydrogens is 294 g/mol. The van der Waals surface area contributed by atoms with Crippen molar-refractivity contribution in [3.63, 3.8) is 0 Å². The van der Waals surface area contributed by atoms with Gasteiger partial charge in [0.15, 0.2) is 0 Å². The van der Waals surface area contributed by atoms with E-state index in [0.29, 0.717) is 13.0 Å². The first kappa shape index (κ1) is 15.7. The molecule has 19 heavy (non-hydrogen) atoms. The number of carboxylic acid groups (broad SMARTS) is 1. The maximum absolute atomic E-state index is 11.7. The number of hydrogen-bond donors (Lipinski definition) is 2. The first-order valence-corrected chi connectivity index (χ1v) is 7.41. The van der Waals surface area contributed by atoms with Crippen molar-refractivity contribution < 1.29 is 23.1 Å². The summed E-state index contributed by atoms with van der Waals surface area (Å²) in [5, 5.41) is 9.21. The molecule has 1 aromatic carbocycles. The van der Waals surface area contributed by atoms with Gasteiger partial charge >= 0.3 is 5.97 Å². The zero-order valence-electron chi connectivity index (χ0n) is 10.2. The van der Waals surface area contributed by atoms with Crippen molar-refractivity contribution in [3.05, 3.63) is 28.8 Å². The summed E-state index contributed by atoms with van der Waals surface area (Å²) in [5.41, 5.74) is -0.197. The van der Waals surface area contributed by atoms with Gasteiger partial charge in [0, 0.05) is 18.7 Å². The molecule has 0 radical (unpaired) electrons. The largest absolute Gasteiger partial charge is 0.478 e. The van der Waals surface area contributed by atoms with Crippen molar-refractivity contribution in [1.82, 2.24) is 0 Å². The Labute approximate surface area is 116 Å². The average Bonchev–Trinajstić information content (AvgIpc) is 2.31. The predicted molar refractivity (Wildman–Crippen MR) is 72.3 cm³/mol. The fourth-order valence-electron chi connectivity index (χ4n) is 1.39. The normalized spacial score (nSPS) is 11.3. The van der Waals surface area contributed by atoms with Gasteiger partial charge in [0.25, 0.3) is 0 Å². The number of halogens is 1. The van der Waals surface area contributed by atoms with E-state index in [-0.39, 0.29) is 22.0 Å². The van der Waals surface area contributed by atoms with Crippen molar-refractivity contribution in [1.29, 1.82) is 0 Å². The minimum Gasteiger partial charge on any atom is -0.478 e. The molecule has 6 nitrogen and oxygen atoms in total. The average molecular weight is 308 g/mol. The first-order chi connectivity index (χ1) is 8.85. The summed E-state index contributed by atoms with van der Waals surface area (Å²) in [6.07, 6.45) is 0.321. The topological polar surface area (TPSA) is 92.7 Å². The fourth-order valence-corrected chi connectivity index (χ4v) is 2.68. The van der Waals surface area contributed by atoms with Crippen LogP contribution in [0.3, 0.4) is 0 Å². The molecule has 1 rings (SSSR count). The zero-order chi connectivity index (χ0) is 14.5. The van der Waals surface area contributed by atoms with Gasteiger partial charge in [-0.2, -0.15) is 0 Å². The number of nitrogens with one attached hydrogen (secondary N) is 1. The molecule has 0 amide bonds. The Balaban J connectivity index is 2.90. The van der Waals surface area contributed by atoms with Gasteiger partial charge in [0.2, 0.25) is 10.0 Å². The van der Waals surface area contributed by atoms with Crippen LogP contribution in [-0.4, -0.2) is 39.0 Å². The molecule has 1 aromatic rings. The van der Waals surface area contributed by atoms with Crippen molar-refractivity contribution >= 4 is 33.3 Å². The van der Waals surface area contributed by atoms with Gasteiger partial charge in [-0.25, -0.2) is 13.2 Å². The number of rotatable bonds is 7. The summed E-state index contributed by atoms with van der Waals surface area (Å²) in [6, 6.07) is 3.93. The van der Waals surface area contributed by atoms with E-state index in [4.69, 9.17) is 21.4 Å². The van der Waals surface area contributed by atoms with E-state index >= 15 is 0 Å². The molecule has 0 bridgehead atoms. The fraction of sp³-hybridized carbons (Fsp3) is 0.364. The monoisotopic (exact) mass is 307 g/mol. The highest BCUT2D eigenvalue weighted by atomic mass is 35.5. The molecule has 0 saturated carbocycles. The summed E-state index contributed by atoms with van der Waals surface area (Å²) >= 11 is 5.68. The third-order valence-electron chi connectivity index (χ3n) is 2.24. The molecule has 8 heteroatoms. The number of benzene rings is 1. The van der Waals surface area contributed by atoms with Crippen LogP contribution in [0.25, 0.3) is 0 Å². The third-order valence-corrected chi connectivity index (χ3v) is 3.83. The second-order valence-electron chi connectivity index (χ2n) is 3.76. The van der Waals surface area contributed by atoms with Gasteiger partial charge in [-0.15, -0.1) is 0 Å². The number of anilines is 1. The smallest absolute Gasteiger partial charge is 0.337 e. The molecule has 106 valence electrons. The van der Waals surface area contributed by atoms with E-state index in [1.165, 1.54) is 25.3 Å². The summed E-state index contributed by atoms with van der Waals surface area (Å²) < 4.78 is 30.5. The molecule has 0 aliphatic rings. The standard InChI is InChI=1S/C11H14ClNO5S/c1-18-5-2-6-19(16,17)13-10-4-3-8(12)7-9(10)11(14)15/h3-4,7,13H,2,5-6H2,1H3,(H,14,15). The number of carbonyl (C=O) groups is 1. The van der Waals surface area contributed by atoms with Crippen molar-refractivity contribution in [2.24, 2.45) is 0 Å². The van der Waals surface area contributed by atoms with Gasteiger partial charge in [0.1, 0.15) is 0 Å². The van der Waals surface area contributed by atoms with Crippen molar-refractivity contribution in [2.45, 2.75) is 6.42 Å². The van der Waals surface area contributed by atoms with E-state index in [2.05, 4.69) is 4.72 Å². The van der Waals surface area contributed by atoms with Crippen LogP contribution >= 0.6 is 11.6 Å². The molecular formula is C11H14ClNO5S. The Morgan fingerprint density at radius 2 is 2.16 bits per heavy atom. The molecule has 0 atom stereocenters. The van der Waals surface area contributed by atoms with Crippen LogP contribution in [0.5, 0.6) is 0 Å². The summed E-state index contributed by atoms with van der Waals surface area (Å²) in [7, 11) is -2.14. The molecule has 0 saturated heterocycles. The van der Waals surface area contributed by atoms with E-state index in [0.717, 1.165) is 0 Å². The van der Waals surface area contributed by atoms with Crippen LogP contribution in [0.1, 0.15) is 16.8 Å². The van der Waals surface area contributed by atoms with Crippen molar-refractivity contribution in [2.75, 3.05) is 24.2 Å². The number of ether oxygens (including phenoxy) is 1. The first-order valence-electron chi connectivity index (χ1n) is 5.38. The number of sulfonamides is 1. The van der Waals surface area contributed by atoms with Crippen LogP contribution in [-0.2, 0) is 14.8 Å². The molecule has 0 aliphatic heterocycles. The second-order valence-corrected chi connectivity index (χ2v) is 6.04. The predicted octanol–water partition coefficient (Wildman–Crippen LogP) is 1.82. The quantitative estimate of drug-likeness (QED) is 0.749. The van der Waals surface area contributed by atoms with Crippen LogP contribution in [0.2, 0.25) is 5.02 Å². The SMILES string of the molecule is COCCCS(=O)(=O)Nc1ccc(Cl)cc1C(=O)O. The molecule has 0 spiro atoms. The molecule has 0 unspecified atom stereocenters. The lowest BCUT2D eigenvalue weighted by atomic mass is 10.2. The molecule has 0 aromatic heterocycles. The minimum atomic E-state index is -3.61. The van der Waals surface area contributed by atoms with Gasteiger partial charge < -0.3 is 9.84 Å². The van der Waals surface area contributed by atoms with Crippen LogP contribution in [0, 0.1) is 0 Å². The summed E-state index contributed by atoms with van der Waals surface area (Å²) in [4.78, 5) is 11.0. The van der Waals surface area contributed by atoms with E-state index in [1.807, 2.05) is 0 Å². The summed E-state index contributed by atoms with van der Waals surface area (Å²) in [5.74, 6) is -1.40. The highest BCUT2D eigenvalue weighted by Gasteiger charge is 2.16. The number of carboxylic acids is 1. The Morgan fingerprint density at radius 3 is 2.74 bits per heavy atom. The van der Waals surface area contributed by atoms with Crippen LogP contribution in [0.15, 0.2) is 18.2 Å². The van der Waals surface area contributed by atoms with Crippen LogP contribution < -0.4 is 4.72 Å². The molecule has 2 N–H and O–H groups in total. The highest BCUT2D eigenvalue weighted by molar-refractivity contribution is 7.92. The van der Waals surface area contributed by atoms with Gasteiger partial charge in [-0.1, -0.05) is 11.6 Å². The van der Waals surface area contributed by atoms with Gasteiger partial charge in [-0.3, -0.25) is 4.72 Å². The minimum absolute atomic E-state index is 0.00526. The lowest BCUT2D eigenvalue weighted by molar-refractivity contribution is 0.0698. The lowest BCUT2D eigenvalue weighted by Gasteiger charge is -2.10. The van der Waals surface area contributed by atoms with Gasteiger partial charge in [0.05, 0.1) is 17.0 Å². The number of methoxy groups -OCH3 is 1. The van der Waals surface area contributed by atoms with E-state index < -0.39 is 16.0 Å². The van der Waals surface area contributed by atoms with E-state index in [1.54, 1.807) is 0 Å². The lowest BCUT2D eigenvalue weighted by Crippen LogP contribution is -2.19. The Bertz CT molecular complexity index is 558. The van der Waals surface area contributed by atoms with Crippen molar-refractivity contribution in [3.8, 4) is 0 Å². The Morgan fingerprint density at radius 1 is 1.47 bits per heavy atom. The molecule has 0 aliphatic carbocycles. The number of hydrogen-bond acceptors (Lipinski definition) is 4. The van der Waals surface area contributed by atoms with Gasteiger partial charge in [-0.05, 0) is 24.6 Å². The Kier molecular flexibility index (Phi) is 5.59. The third kappa shape index (κ3) is 5.06. The summed E-state index contributed by atoms with van der Waals surface area (Å²) in [6.45, 7) is 0.313. The highest BCUT2D eigenvalue weighted by Crippen LogP contribution is 2.21. The molecule has 0 heterocycles. The molecule has 0 fully saturated rings. The Hall–Kier alpha value is -1.31.